The van der Waals surface area contributed by atoms with Gasteiger partial charge in [0.25, 0.3) is 0 Å². The van der Waals surface area contributed by atoms with Crippen molar-refractivity contribution in [3.8, 4) is 0 Å². The lowest BCUT2D eigenvalue weighted by Crippen LogP contribution is -2.63. The molecule has 0 bridgehead atoms. The van der Waals surface area contributed by atoms with E-state index in [4.69, 9.17) is 0 Å². The number of benzene rings is 1. The first-order valence-corrected chi connectivity index (χ1v) is 6.97. The van der Waals surface area contributed by atoms with Gasteiger partial charge in [-0.1, -0.05) is 17.7 Å². The van der Waals surface area contributed by atoms with E-state index in [0.29, 0.717) is 12.6 Å². The number of piperazine rings is 2. The van der Waals surface area contributed by atoms with Gasteiger partial charge in [0, 0.05) is 31.9 Å². The molecule has 0 radical (unpaired) electrons. The van der Waals surface area contributed by atoms with E-state index in [2.05, 4.69) is 42.3 Å². The third-order valence-electron chi connectivity index (χ3n) is 4.12. The predicted molar refractivity (Wildman–Crippen MR) is 76.5 cm³/mol. The van der Waals surface area contributed by atoms with Gasteiger partial charge >= 0.3 is 0 Å². The first kappa shape index (κ1) is 12.5. The van der Waals surface area contributed by atoms with Gasteiger partial charge in [-0.05, 0) is 25.5 Å². The molecule has 2 fully saturated rings. The molecule has 1 aromatic carbocycles. The number of carbonyl (C=O) groups is 1. The standard InChI is InChI=1S/C15H21N3O/c1-11-3-4-14(12(2)7-11)17-9-13-8-16-5-6-18(13)15(19)10-17/h3-4,7,13,16H,5-6,8-10H2,1-2H3. The Bertz CT molecular complexity index is 500. The fourth-order valence-electron chi connectivity index (χ4n) is 3.17. The van der Waals surface area contributed by atoms with E-state index >= 15 is 0 Å². The Kier molecular flexibility index (Phi) is 3.19. The van der Waals surface area contributed by atoms with Crippen LogP contribution in [0, 0.1) is 13.8 Å². The van der Waals surface area contributed by atoms with Crippen molar-refractivity contribution in [2.45, 2.75) is 19.9 Å². The lowest BCUT2D eigenvalue weighted by molar-refractivity contribution is -0.134. The lowest BCUT2D eigenvalue weighted by Gasteiger charge is -2.45. The van der Waals surface area contributed by atoms with Gasteiger partial charge in [0.2, 0.25) is 5.91 Å². The lowest BCUT2D eigenvalue weighted by atomic mass is 10.1. The summed E-state index contributed by atoms with van der Waals surface area (Å²) in [5, 5.41) is 3.38. The molecule has 0 aliphatic carbocycles. The zero-order chi connectivity index (χ0) is 13.4. The normalized spacial score (nSPS) is 23.5. The first-order valence-electron chi connectivity index (χ1n) is 6.97. The number of anilines is 1. The van der Waals surface area contributed by atoms with Crippen LogP contribution in [0.25, 0.3) is 0 Å². The second-order valence-corrected chi connectivity index (χ2v) is 5.62. The van der Waals surface area contributed by atoms with Gasteiger partial charge in [-0.2, -0.15) is 0 Å². The molecule has 0 saturated carbocycles. The number of hydrogen-bond donors (Lipinski definition) is 1. The van der Waals surface area contributed by atoms with E-state index in [-0.39, 0.29) is 5.91 Å². The van der Waals surface area contributed by atoms with E-state index in [0.717, 1.165) is 26.2 Å². The Morgan fingerprint density at radius 2 is 2.16 bits per heavy atom. The highest BCUT2D eigenvalue weighted by Crippen LogP contribution is 2.24. The monoisotopic (exact) mass is 259 g/mol. The molecule has 1 N–H and O–H groups in total. The summed E-state index contributed by atoms with van der Waals surface area (Å²) in [7, 11) is 0. The number of carbonyl (C=O) groups excluding carboxylic acids is 1. The van der Waals surface area contributed by atoms with Crippen LogP contribution < -0.4 is 10.2 Å². The Morgan fingerprint density at radius 3 is 2.95 bits per heavy atom. The van der Waals surface area contributed by atoms with E-state index in [1.807, 2.05) is 4.90 Å². The number of nitrogens with zero attached hydrogens (tertiary/aromatic N) is 2. The third-order valence-corrected chi connectivity index (χ3v) is 4.12. The van der Waals surface area contributed by atoms with Crippen LogP contribution >= 0.6 is 0 Å². The molecule has 1 atom stereocenters. The molecular weight excluding hydrogens is 238 g/mol. The van der Waals surface area contributed by atoms with Gasteiger partial charge in [0.15, 0.2) is 0 Å². The minimum absolute atomic E-state index is 0.262. The predicted octanol–water partition coefficient (Wildman–Crippen LogP) is 0.924. The molecule has 102 valence electrons. The van der Waals surface area contributed by atoms with Gasteiger partial charge in [-0.25, -0.2) is 0 Å². The van der Waals surface area contributed by atoms with Crippen molar-refractivity contribution in [3.63, 3.8) is 0 Å². The van der Waals surface area contributed by atoms with Crippen molar-refractivity contribution >= 4 is 11.6 Å². The minimum Gasteiger partial charge on any atom is -0.360 e. The molecule has 2 saturated heterocycles. The first-order chi connectivity index (χ1) is 9.15. The molecule has 0 aromatic heterocycles. The number of nitrogens with one attached hydrogen (secondary N) is 1. The number of aryl methyl sites for hydroxylation is 2. The Morgan fingerprint density at radius 1 is 1.32 bits per heavy atom. The molecular formula is C15H21N3O. The topological polar surface area (TPSA) is 35.6 Å². The maximum atomic E-state index is 12.2. The number of hydrogen-bond acceptors (Lipinski definition) is 3. The van der Waals surface area contributed by atoms with Crippen molar-refractivity contribution in [1.29, 1.82) is 0 Å². The van der Waals surface area contributed by atoms with Gasteiger partial charge in [0.05, 0.1) is 12.6 Å². The SMILES string of the molecule is Cc1ccc(N2CC(=O)N3CCNCC3C2)c(C)c1. The van der Waals surface area contributed by atoms with Crippen LogP contribution in [-0.4, -0.2) is 49.6 Å². The van der Waals surface area contributed by atoms with Crippen LogP contribution in [0.1, 0.15) is 11.1 Å². The van der Waals surface area contributed by atoms with Gasteiger partial charge in [-0.3, -0.25) is 4.79 Å². The number of rotatable bonds is 1. The molecule has 0 spiro atoms. The summed E-state index contributed by atoms with van der Waals surface area (Å²) in [6.07, 6.45) is 0. The summed E-state index contributed by atoms with van der Waals surface area (Å²) in [5.41, 5.74) is 3.72. The fourth-order valence-corrected chi connectivity index (χ4v) is 3.17. The highest BCUT2D eigenvalue weighted by molar-refractivity contribution is 5.84. The molecule has 3 rings (SSSR count). The average Bonchev–Trinajstić information content (AvgIpc) is 2.38. The zero-order valence-corrected chi connectivity index (χ0v) is 11.6. The van der Waals surface area contributed by atoms with Crippen LogP contribution in [0.5, 0.6) is 0 Å². The number of fused-ring (bicyclic) bond motifs is 1. The quantitative estimate of drug-likeness (QED) is 0.815. The molecule has 2 heterocycles. The van der Waals surface area contributed by atoms with Crippen molar-refractivity contribution in [2.24, 2.45) is 0 Å². The second kappa shape index (κ2) is 4.85. The van der Waals surface area contributed by atoms with Gasteiger partial charge in [-0.15, -0.1) is 0 Å². The summed E-state index contributed by atoms with van der Waals surface area (Å²) in [6.45, 7) is 8.36. The molecule has 2 aliphatic rings. The molecule has 1 unspecified atom stereocenters. The van der Waals surface area contributed by atoms with Crippen molar-refractivity contribution in [2.75, 3.05) is 37.6 Å². The molecule has 1 aromatic rings. The van der Waals surface area contributed by atoms with Gasteiger partial charge < -0.3 is 15.1 Å². The van der Waals surface area contributed by atoms with Crippen molar-refractivity contribution in [3.05, 3.63) is 29.3 Å². The largest absolute Gasteiger partial charge is 0.360 e. The summed E-state index contributed by atoms with van der Waals surface area (Å²) in [5.74, 6) is 0.262. The van der Waals surface area contributed by atoms with Crippen LogP contribution in [0.4, 0.5) is 5.69 Å². The van der Waals surface area contributed by atoms with Crippen LogP contribution in [0.3, 0.4) is 0 Å². The highest BCUT2D eigenvalue weighted by Gasteiger charge is 2.34. The highest BCUT2D eigenvalue weighted by atomic mass is 16.2. The zero-order valence-electron chi connectivity index (χ0n) is 11.6. The maximum Gasteiger partial charge on any atom is 0.242 e. The van der Waals surface area contributed by atoms with Crippen LogP contribution in [0.15, 0.2) is 18.2 Å². The maximum absolute atomic E-state index is 12.2. The molecule has 2 aliphatic heterocycles. The third kappa shape index (κ3) is 2.32. The van der Waals surface area contributed by atoms with Crippen molar-refractivity contribution < 1.29 is 4.79 Å². The fraction of sp³-hybridized carbons (Fsp3) is 0.533. The molecule has 4 nitrogen and oxygen atoms in total. The molecule has 4 heteroatoms. The van der Waals surface area contributed by atoms with E-state index < -0.39 is 0 Å². The minimum atomic E-state index is 0.262. The Hall–Kier alpha value is -1.55. The van der Waals surface area contributed by atoms with Crippen molar-refractivity contribution in [1.82, 2.24) is 10.2 Å². The summed E-state index contributed by atoms with van der Waals surface area (Å²) in [6, 6.07) is 6.77. The molecule has 1 amide bonds. The van der Waals surface area contributed by atoms with E-state index in [1.54, 1.807) is 0 Å². The second-order valence-electron chi connectivity index (χ2n) is 5.62. The average molecular weight is 259 g/mol. The summed E-state index contributed by atoms with van der Waals surface area (Å²) in [4.78, 5) is 16.5. The molecule has 19 heavy (non-hydrogen) atoms. The smallest absolute Gasteiger partial charge is 0.242 e. The van der Waals surface area contributed by atoms with Gasteiger partial charge in [0.1, 0.15) is 0 Å². The summed E-state index contributed by atoms with van der Waals surface area (Å²) < 4.78 is 0. The Balaban J connectivity index is 1.84. The van der Waals surface area contributed by atoms with E-state index in [9.17, 15) is 4.79 Å². The Labute approximate surface area is 114 Å². The number of amides is 1. The van der Waals surface area contributed by atoms with Crippen LogP contribution in [0.2, 0.25) is 0 Å². The summed E-state index contributed by atoms with van der Waals surface area (Å²) >= 11 is 0. The van der Waals surface area contributed by atoms with Crippen LogP contribution in [-0.2, 0) is 4.79 Å². The van der Waals surface area contributed by atoms with E-state index in [1.165, 1.54) is 16.8 Å².